The molecule has 2 aromatic rings. The lowest BCUT2D eigenvalue weighted by Gasteiger charge is -2.15. The monoisotopic (exact) mass is 367 g/mol. The molecule has 4 nitrogen and oxygen atoms in total. The van der Waals surface area contributed by atoms with Gasteiger partial charge in [0.25, 0.3) is 0 Å². The molecule has 1 aromatic carbocycles. The van der Waals surface area contributed by atoms with Crippen molar-refractivity contribution in [3.05, 3.63) is 50.8 Å². The largest absolute Gasteiger partial charge is 0.317 e. The van der Waals surface area contributed by atoms with Crippen LogP contribution >= 0.6 is 34.5 Å². The summed E-state index contributed by atoms with van der Waals surface area (Å²) in [6.45, 7) is 2.47. The summed E-state index contributed by atoms with van der Waals surface area (Å²) in [4.78, 5) is 11.9. The van der Waals surface area contributed by atoms with Gasteiger partial charge >= 0.3 is 0 Å². The summed E-state index contributed by atoms with van der Waals surface area (Å²) in [6.07, 6.45) is 0.304. The van der Waals surface area contributed by atoms with Crippen LogP contribution in [-0.4, -0.2) is 12.5 Å². The highest BCUT2D eigenvalue weighted by atomic mass is 35.5. The number of carbonyl (C=O) groups excluding carboxylic acids is 1. The van der Waals surface area contributed by atoms with Crippen molar-refractivity contribution in [1.29, 1.82) is 5.26 Å². The zero-order valence-electron chi connectivity index (χ0n) is 12.4. The number of thiophene rings is 1. The van der Waals surface area contributed by atoms with E-state index in [0.29, 0.717) is 33.6 Å². The Bertz CT molecular complexity index is 739. The van der Waals surface area contributed by atoms with Gasteiger partial charge in [0, 0.05) is 29.1 Å². The Hall–Kier alpha value is -1.58. The molecule has 0 aliphatic heterocycles. The lowest BCUT2D eigenvalue weighted by atomic mass is 10.1. The highest BCUT2D eigenvalue weighted by Crippen LogP contribution is 2.26. The second-order valence-electron chi connectivity index (χ2n) is 4.92. The van der Waals surface area contributed by atoms with Gasteiger partial charge in [0.15, 0.2) is 0 Å². The minimum atomic E-state index is -0.133. The van der Waals surface area contributed by atoms with E-state index >= 15 is 0 Å². The molecule has 0 radical (unpaired) electrons. The molecule has 1 amide bonds. The van der Waals surface area contributed by atoms with Crippen LogP contribution in [0.2, 0.25) is 10.0 Å². The normalized spacial score (nSPS) is 11.7. The lowest BCUT2D eigenvalue weighted by Crippen LogP contribution is -2.24. The molecule has 0 spiro atoms. The van der Waals surface area contributed by atoms with E-state index in [1.807, 2.05) is 19.1 Å². The van der Waals surface area contributed by atoms with Crippen molar-refractivity contribution in [2.24, 2.45) is 0 Å². The molecular weight excluding hydrogens is 353 g/mol. The quantitative estimate of drug-likeness (QED) is 0.783. The fourth-order valence-corrected chi connectivity index (χ4v) is 3.37. The molecule has 1 unspecified atom stereocenters. The number of hydrogen-bond acceptors (Lipinski definition) is 4. The van der Waals surface area contributed by atoms with Gasteiger partial charge in [0.2, 0.25) is 5.91 Å². The Morgan fingerprint density at radius 1 is 1.39 bits per heavy atom. The Morgan fingerprint density at radius 3 is 2.87 bits per heavy atom. The highest BCUT2D eigenvalue weighted by molar-refractivity contribution is 7.14. The molecule has 1 heterocycles. The van der Waals surface area contributed by atoms with Crippen molar-refractivity contribution >= 4 is 45.4 Å². The third-order valence-electron chi connectivity index (χ3n) is 3.27. The molecule has 2 rings (SSSR count). The molecule has 120 valence electrons. The molecule has 0 aliphatic rings. The number of hydrogen-bond donors (Lipinski definition) is 2. The minimum Gasteiger partial charge on any atom is -0.317 e. The molecule has 1 atom stereocenters. The van der Waals surface area contributed by atoms with Crippen LogP contribution < -0.4 is 10.6 Å². The predicted molar refractivity (Wildman–Crippen MR) is 95.2 cm³/mol. The lowest BCUT2D eigenvalue weighted by molar-refractivity contribution is -0.116. The molecule has 0 bridgehead atoms. The number of amides is 1. The van der Waals surface area contributed by atoms with Gasteiger partial charge in [0.1, 0.15) is 11.1 Å². The number of halogens is 2. The second-order valence-corrected chi connectivity index (χ2v) is 6.67. The van der Waals surface area contributed by atoms with Crippen LogP contribution in [-0.2, 0) is 4.79 Å². The smallest absolute Gasteiger partial charge is 0.226 e. The first-order chi connectivity index (χ1) is 11.0. The van der Waals surface area contributed by atoms with Gasteiger partial charge in [0.05, 0.1) is 5.56 Å². The first-order valence-electron chi connectivity index (χ1n) is 6.97. The van der Waals surface area contributed by atoms with Crippen molar-refractivity contribution in [1.82, 2.24) is 5.32 Å². The summed E-state index contributed by atoms with van der Waals surface area (Å²) >= 11 is 13.4. The zero-order valence-corrected chi connectivity index (χ0v) is 14.7. The van der Waals surface area contributed by atoms with E-state index in [-0.39, 0.29) is 11.9 Å². The number of benzene rings is 1. The second kappa shape index (κ2) is 8.32. The maximum atomic E-state index is 11.9. The van der Waals surface area contributed by atoms with E-state index in [1.54, 1.807) is 23.6 Å². The highest BCUT2D eigenvalue weighted by Gasteiger charge is 2.11. The van der Waals surface area contributed by atoms with Crippen molar-refractivity contribution in [2.75, 3.05) is 11.9 Å². The maximum Gasteiger partial charge on any atom is 0.226 e. The van der Waals surface area contributed by atoms with Crippen LogP contribution in [0.4, 0.5) is 5.00 Å². The van der Waals surface area contributed by atoms with Crippen LogP contribution in [0.5, 0.6) is 0 Å². The van der Waals surface area contributed by atoms with Gasteiger partial charge in [-0.25, -0.2) is 0 Å². The average molecular weight is 368 g/mol. The summed E-state index contributed by atoms with van der Waals surface area (Å²) in [5.41, 5.74) is 1.42. The number of carbonyl (C=O) groups is 1. The summed E-state index contributed by atoms with van der Waals surface area (Å²) in [7, 11) is 0. The van der Waals surface area contributed by atoms with E-state index in [4.69, 9.17) is 28.5 Å². The Morgan fingerprint density at radius 2 is 2.17 bits per heavy atom. The van der Waals surface area contributed by atoms with Crippen LogP contribution in [0.25, 0.3) is 0 Å². The van der Waals surface area contributed by atoms with Crippen molar-refractivity contribution in [3.8, 4) is 6.07 Å². The standard InChI is InChI=1S/C16H15Cl2N3OS/c1-10(13-3-2-12(17)8-14(13)18)20-6-4-15(22)21-16-11(9-19)5-7-23-16/h2-3,5,7-8,10,20H,4,6H2,1H3,(H,21,22). The van der Waals surface area contributed by atoms with Crippen LogP contribution in [0.1, 0.15) is 30.5 Å². The number of nitrogens with zero attached hydrogens (tertiary/aromatic N) is 1. The van der Waals surface area contributed by atoms with Crippen molar-refractivity contribution in [2.45, 2.75) is 19.4 Å². The molecule has 0 aliphatic carbocycles. The van der Waals surface area contributed by atoms with Crippen LogP contribution in [0.3, 0.4) is 0 Å². The van der Waals surface area contributed by atoms with Gasteiger partial charge < -0.3 is 10.6 Å². The summed E-state index contributed by atoms with van der Waals surface area (Å²) in [6, 6.07) is 9.08. The predicted octanol–water partition coefficient (Wildman–Crippen LogP) is 4.61. The number of rotatable bonds is 6. The first-order valence-corrected chi connectivity index (χ1v) is 8.60. The van der Waals surface area contributed by atoms with E-state index in [2.05, 4.69) is 10.6 Å². The topological polar surface area (TPSA) is 64.9 Å². The Balaban J connectivity index is 1.82. The minimum absolute atomic E-state index is 0.00368. The van der Waals surface area contributed by atoms with Crippen molar-refractivity contribution in [3.63, 3.8) is 0 Å². The van der Waals surface area contributed by atoms with E-state index in [9.17, 15) is 4.79 Å². The van der Waals surface area contributed by atoms with Gasteiger partial charge in [-0.15, -0.1) is 11.3 Å². The summed E-state index contributed by atoms with van der Waals surface area (Å²) in [5.74, 6) is -0.133. The number of nitrogens with one attached hydrogen (secondary N) is 2. The molecule has 23 heavy (non-hydrogen) atoms. The van der Waals surface area contributed by atoms with E-state index in [1.165, 1.54) is 11.3 Å². The zero-order chi connectivity index (χ0) is 16.8. The van der Waals surface area contributed by atoms with Gasteiger partial charge in [-0.1, -0.05) is 29.3 Å². The average Bonchev–Trinajstić information content (AvgIpc) is 2.94. The first kappa shape index (κ1) is 17.8. The molecule has 0 saturated carbocycles. The Kier molecular flexibility index (Phi) is 6.43. The fraction of sp³-hybridized carbons (Fsp3) is 0.250. The number of nitriles is 1. The SMILES string of the molecule is CC(NCCC(=O)Nc1sccc1C#N)c1ccc(Cl)cc1Cl. The van der Waals surface area contributed by atoms with Crippen molar-refractivity contribution < 1.29 is 4.79 Å². The molecule has 1 aromatic heterocycles. The van der Waals surface area contributed by atoms with Gasteiger partial charge in [-0.3, -0.25) is 4.79 Å². The third-order valence-corrected chi connectivity index (χ3v) is 4.66. The molecule has 0 saturated heterocycles. The molecule has 7 heteroatoms. The maximum absolute atomic E-state index is 11.9. The van der Waals surface area contributed by atoms with E-state index in [0.717, 1.165) is 5.56 Å². The van der Waals surface area contributed by atoms with Crippen LogP contribution in [0, 0.1) is 11.3 Å². The molecular formula is C16H15Cl2N3OS. The third kappa shape index (κ3) is 4.95. The molecule has 0 fully saturated rings. The van der Waals surface area contributed by atoms with Gasteiger partial charge in [-0.05, 0) is 36.1 Å². The van der Waals surface area contributed by atoms with Crippen LogP contribution in [0.15, 0.2) is 29.6 Å². The van der Waals surface area contributed by atoms with Gasteiger partial charge in [-0.2, -0.15) is 5.26 Å². The number of anilines is 1. The Labute approximate surface area is 149 Å². The summed E-state index contributed by atoms with van der Waals surface area (Å²) in [5, 5.41) is 18.5. The molecule has 2 N–H and O–H groups in total. The fourth-order valence-electron chi connectivity index (χ4n) is 2.05. The van der Waals surface area contributed by atoms with E-state index < -0.39 is 0 Å². The summed E-state index contributed by atoms with van der Waals surface area (Å²) < 4.78 is 0.